The minimum Gasteiger partial charge on any atom is -0.285 e. The van der Waals surface area contributed by atoms with Gasteiger partial charge < -0.3 is 0 Å². The lowest BCUT2D eigenvalue weighted by molar-refractivity contribution is 0.0794. The van der Waals surface area contributed by atoms with Crippen molar-refractivity contribution in [2.45, 2.75) is 35.6 Å². The highest BCUT2D eigenvalue weighted by molar-refractivity contribution is 7.99. The van der Waals surface area contributed by atoms with Gasteiger partial charge in [0.05, 0.1) is 5.69 Å². The molecule has 152 valence electrons. The van der Waals surface area contributed by atoms with Crippen molar-refractivity contribution in [2.75, 3.05) is 13.1 Å². The number of hydrazine groups is 1. The molecule has 1 fully saturated rings. The predicted octanol–water partition coefficient (Wildman–Crippen LogP) is 3.35. The highest BCUT2D eigenvalue weighted by atomic mass is 32.2. The van der Waals surface area contributed by atoms with Crippen LogP contribution >= 0.6 is 11.8 Å². The Kier molecular flexibility index (Phi) is 5.29. The van der Waals surface area contributed by atoms with Crippen molar-refractivity contribution in [3.05, 3.63) is 59.5 Å². The lowest BCUT2D eigenvalue weighted by Gasteiger charge is -2.21. The molecule has 3 aromatic rings. The molecule has 0 saturated carbocycles. The maximum Gasteiger partial charge on any atom is 0.265 e. The quantitative estimate of drug-likeness (QED) is 0.528. The lowest BCUT2D eigenvalue weighted by Crippen LogP contribution is -2.42. The number of aliphatic imine (C=N–C) groups is 1. The largest absolute Gasteiger partial charge is 0.285 e. The number of H-pyrrole nitrogens is 1. The van der Waals surface area contributed by atoms with Gasteiger partial charge in [0, 0.05) is 41.5 Å². The molecule has 0 spiro atoms. The minimum absolute atomic E-state index is 0.108. The van der Waals surface area contributed by atoms with E-state index in [0.717, 1.165) is 47.1 Å². The SMILES string of the molecule is O=C(NN1CCCCCC1)c1ccc2c(c1)N=C(c1cccnc1)c1n[nH]nc1S2. The molecule has 2 aromatic heterocycles. The van der Waals surface area contributed by atoms with Crippen molar-refractivity contribution in [2.24, 2.45) is 4.99 Å². The molecule has 30 heavy (non-hydrogen) atoms. The molecule has 0 radical (unpaired) electrons. The summed E-state index contributed by atoms with van der Waals surface area (Å²) in [7, 11) is 0. The molecule has 1 amide bonds. The summed E-state index contributed by atoms with van der Waals surface area (Å²) < 4.78 is 0. The summed E-state index contributed by atoms with van der Waals surface area (Å²) in [4.78, 5) is 22.9. The number of nitrogens with zero attached hydrogens (tertiary/aromatic N) is 5. The smallest absolute Gasteiger partial charge is 0.265 e. The van der Waals surface area contributed by atoms with E-state index in [1.165, 1.54) is 24.6 Å². The van der Waals surface area contributed by atoms with Crippen LogP contribution in [0.5, 0.6) is 0 Å². The summed E-state index contributed by atoms with van der Waals surface area (Å²) in [5, 5.41) is 14.0. The van der Waals surface area contributed by atoms with Crippen molar-refractivity contribution in [1.29, 1.82) is 0 Å². The van der Waals surface area contributed by atoms with Crippen molar-refractivity contribution in [3.8, 4) is 0 Å². The standard InChI is InChI=1S/C21H21N7OS/c29-20(26-28-10-3-1-2-4-11-28)14-7-8-17-16(12-14)23-18(15-6-5-9-22-13-15)19-21(30-17)25-27-24-19/h5-9,12-13H,1-4,10-11H2,(H,26,29)(H,24,25,27). The van der Waals surface area contributed by atoms with Gasteiger partial charge in [-0.25, -0.2) is 10.0 Å². The summed E-state index contributed by atoms with van der Waals surface area (Å²) in [5.74, 6) is -0.108. The third kappa shape index (κ3) is 3.86. The molecule has 5 rings (SSSR count). The van der Waals surface area contributed by atoms with Crippen LogP contribution < -0.4 is 5.43 Å². The summed E-state index contributed by atoms with van der Waals surface area (Å²) in [6, 6.07) is 9.40. The highest BCUT2D eigenvalue weighted by Crippen LogP contribution is 2.40. The van der Waals surface area contributed by atoms with E-state index in [9.17, 15) is 4.79 Å². The number of benzene rings is 1. The molecule has 2 aliphatic heterocycles. The molecule has 0 bridgehead atoms. The molecular formula is C21H21N7OS. The highest BCUT2D eigenvalue weighted by Gasteiger charge is 2.24. The van der Waals surface area contributed by atoms with Crippen LogP contribution in [0.3, 0.4) is 0 Å². The van der Waals surface area contributed by atoms with Gasteiger partial charge in [0.15, 0.2) is 5.03 Å². The van der Waals surface area contributed by atoms with E-state index in [1.807, 2.05) is 35.3 Å². The summed E-state index contributed by atoms with van der Waals surface area (Å²) in [5.41, 5.74) is 6.57. The molecule has 0 aliphatic carbocycles. The molecular weight excluding hydrogens is 398 g/mol. The third-order valence-electron chi connectivity index (χ3n) is 5.20. The number of amides is 1. The Morgan fingerprint density at radius 3 is 2.77 bits per heavy atom. The number of aromatic nitrogens is 4. The van der Waals surface area contributed by atoms with Gasteiger partial charge in [-0.3, -0.25) is 15.2 Å². The first-order chi connectivity index (χ1) is 14.8. The zero-order valence-corrected chi connectivity index (χ0v) is 17.2. The van der Waals surface area contributed by atoms with E-state index in [2.05, 4.69) is 25.8 Å². The van der Waals surface area contributed by atoms with Gasteiger partial charge in [0.2, 0.25) is 0 Å². The molecule has 2 N–H and O–H groups in total. The first kappa shape index (κ1) is 19.0. The zero-order chi connectivity index (χ0) is 20.3. The van der Waals surface area contributed by atoms with Crippen LogP contribution in [0.15, 0.2) is 57.6 Å². The number of nitrogens with one attached hydrogen (secondary N) is 2. The third-order valence-corrected chi connectivity index (χ3v) is 6.24. The van der Waals surface area contributed by atoms with E-state index in [1.54, 1.807) is 12.4 Å². The number of hydrogen-bond acceptors (Lipinski definition) is 7. The average molecular weight is 420 g/mol. The van der Waals surface area contributed by atoms with Gasteiger partial charge in [-0.15, -0.1) is 5.10 Å². The van der Waals surface area contributed by atoms with Crippen molar-refractivity contribution in [1.82, 2.24) is 30.8 Å². The van der Waals surface area contributed by atoms with E-state index in [4.69, 9.17) is 4.99 Å². The van der Waals surface area contributed by atoms with Crippen LogP contribution in [0.2, 0.25) is 0 Å². The summed E-state index contributed by atoms with van der Waals surface area (Å²) in [6.07, 6.45) is 8.13. The van der Waals surface area contributed by atoms with Crippen LogP contribution in [0.1, 0.15) is 47.3 Å². The van der Waals surface area contributed by atoms with E-state index < -0.39 is 0 Å². The first-order valence-corrected chi connectivity index (χ1v) is 10.9. The zero-order valence-electron chi connectivity index (χ0n) is 16.3. The first-order valence-electron chi connectivity index (χ1n) is 10.1. The number of hydrogen-bond donors (Lipinski definition) is 2. The molecule has 1 saturated heterocycles. The van der Waals surface area contributed by atoms with E-state index in [0.29, 0.717) is 17.0 Å². The Labute approximate surface area is 178 Å². The van der Waals surface area contributed by atoms with Crippen LogP contribution in [0.25, 0.3) is 0 Å². The number of pyridine rings is 1. The fourth-order valence-electron chi connectivity index (χ4n) is 3.65. The van der Waals surface area contributed by atoms with Crippen LogP contribution in [-0.2, 0) is 0 Å². The number of carbonyl (C=O) groups is 1. The average Bonchev–Trinajstić information content (AvgIpc) is 2.99. The maximum absolute atomic E-state index is 12.9. The van der Waals surface area contributed by atoms with Gasteiger partial charge in [-0.05, 0) is 43.2 Å². The molecule has 0 unspecified atom stereocenters. The van der Waals surface area contributed by atoms with Gasteiger partial charge >= 0.3 is 0 Å². The Morgan fingerprint density at radius 1 is 1.10 bits per heavy atom. The number of aromatic amines is 1. The Hall–Kier alpha value is -3.04. The second-order valence-electron chi connectivity index (χ2n) is 7.31. The van der Waals surface area contributed by atoms with Crippen molar-refractivity contribution in [3.63, 3.8) is 0 Å². The minimum atomic E-state index is -0.108. The molecule has 2 aliphatic rings. The Balaban J connectivity index is 1.48. The lowest BCUT2D eigenvalue weighted by atomic mass is 10.1. The fourth-order valence-corrected chi connectivity index (χ4v) is 4.53. The molecule has 9 heteroatoms. The van der Waals surface area contributed by atoms with E-state index in [-0.39, 0.29) is 5.91 Å². The van der Waals surface area contributed by atoms with Gasteiger partial charge in [0.25, 0.3) is 5.91 Å². The molecule has 1 aromatic carbocycles. The number of rotatable bonds is 3. The number of fused-ring (bicyclic) bond motifs is 2. The predicted molar refractivity (Wildman–Crippen MR) is 114 cm³/mol. The topological polar surface area (TPSA) is 99.2 Å². The van der Waals surface area contributed by atoms with Crippen LogP contribution in [-0.4, -0.2) is 50.1 Å². The van der Waals surface area contributed by atoms with Gasteiger partial charge in [-0.2, -0.15) is 10.3 Å². The normalized spacial score (nSPS) is 16.6. The second kappa shape index (κ2) is 8.37. The summed E-state index contributed by atoms with van der Waals surface area (Å²) >= 11 is 1.49. The Morgan fingerprint density at radius 2 is 1.97 bits per heavy atom. The molecule has 8 nitrogen and oxygen atoms in total. The van der Waals surface area contributed by atoms with Crippen molar-refractivity contribution >= 4 is 29.1 Å². The van der Waals surface area contributed by atoms with Crippen molar-refractivity contribution < 1.29 is 4.79 Å². The maximum atomic E-state index is 12.9. The molecule has 0 atom stereocenters. The second-order valence-corrected chi connectivity index (χ2v) is 8.34. The Bertz CT molecular complexity index is 1090. The van der Waals surface area contributed by atoms with E-state index >= 15 is 0 Å². The monoisotopic (exact) mass is 419 g/mol. The van der Waals surface area contributed by atoms with Crippen LogP contribution in [0.4, 0.5) is 5.69 Å². The fraction of sp³-hybridized carbons (Fsp3) is 0.286. The van der Waals surface area contributed by atoms with Crippen LogP contribution in [0, 0.1) is 0 Å². The van der Waals surface area contributed by atoms with Gasteiger partial charge in [0.1, 0.15) is 11.4 Å². The number of carbonyl (C=O) groups excluding carboxylic acids is 1. The van der Waals surface area contributed by atoms with Gasteiger partial charge in [-0.1, -0.05) is 24.6 Å². The molecule has 4 heterocycles. The summed E-state index contributed by atoms with van der Waals surface area (Å²) in [6.45, 7) is 1.78.